The standard InChI is InChI=1S/C14H26O8/c1-2-4-14(20)22-12(8-16)11(18)5-3-6-13(19)21-9-10(17)7-15/h10-12,15-18H,2-9H2,1H3/t10?,11?,12-/m0/s1. The Morgan fingerprint density at radius 3 is 2.27 bits per heavy atom. The van der Waals surface area contributed by atoms with Crippen molar-refractivity contribution in [3.63, 3.8) is 0 Å². The van der Waals surface area contributed by atoms with E-state index in [1.54, 1.807) is 0 Å². The first-order chi connectivity index (χ1) is 10.4. The number of esters is 2. The SMILES string of the molecule is CCCC(=O)O[C@@H](CO)C(O)CCCC(=O)OCC(O)CO. The van der Waals surface area contributed by atoms with Crippen LogP contribution in [-0.2, 0) is 19.1 Å². The third kappa shape index (κ3) is 9.67. The molecule has 130 valence electrons. The van der Waals surface area contributed by atoms with Gasteiger partial charge in [0.2, 0.25) is 0 Å². The molecule has 8 nitrogen and oxygen atoms in total. The Labute approximate surface area is 129 Å². The van der Waals surface area contributed by atoms with Crippen LogP contribution in [0.2, 0.25) is 0 Å². The number of ether oxygens (including phenoxy) is 2. The molecule has 0 aromatic heterocycles. The van der Waals surface area contributed by atoms with Gasteiger partial charge in [0.25, 0.3) is 0 Å². The fourth-order valence-electron chi connectivity index (χ4n) is 1.62. The van der Waals surface area contributed by atoms with Crippen LogP contribution < -0.4 is 0 Å². The van der Waals surface area contributed by atoms with Gasteiger partial charge in [0, 0.05) is 12.8 Å². The normalized spacial score (nSPS) is 15.0. The second kappa shape index (κ2) is 12.3. The minimum Gasteiger partial charge on any atom is -0.463 e. The van der Waals surface area contributed by atoms with Crippen molar-refractivity contribution in [1.82, 2.24) is 0 Å². The number of aliphatic hydroxyl groups is 4. The van der Waals surface area contributed by atoms with Crippen LogP contribution in [0.1, 0.15) is 39.0 Å². The van der Waals surface area contributed by atoms with Crippen molar-refractivity contribution in [2.45, 2.75) is 57.3 Å². The third-order valence-corrected chi connectivity index (χ3v) is 2.87. The number of aliphatic hydroxyl groups excluding tert-OH is 4. The van der Waals surface area contributed by atoms with Crippen LogP contribution >= 0.6 is 0 Å². The summed E-state index contributed by atoms with van der Waals surface area (Å²) in [4.78, 5) is 22.6. The van der Waals surface area contributed by atoms with Crippen molar-refractivity contribution in [2.75, 3.05) is 19.8 Å². The van der Waals surface area contributed by atoms with Crippen LogP contribution in [0, 0.1) is 0 Å². The molecule has 0 amide bonds. The summed E-state index contributed by atoms with van der Waals surface area (Å²) in [5.74, 6) is -1.05. The van der Waals surface area contributed by atoms with E-state index in [2.05, 4.69) is 0 Å². The van der Waals surface area contributed by atoms with E-state index in [-0.39, 0.29) is 32.3 Å². The van der Waals surface area contributed by atoms with Crippen LogP contribution in [0.25, 0.3) is 0 Å². The van der Waals surface area contributed by atoms with Gasteiger partial charge in [-0.3, -0.25) is 9.59 Å². The van der Waals surface area contributed by atoms with Crippen molar-refractivity contribution in [3.05, 3.63) is 0 Å². The van der Waals surface area contributed by atoms with Crippen LogP contribution in [0.15, 0.2) is 0 Å². The monoisotopic (exact) mass is 322 g/mol. The molecule has 0 aliphatic heterocycles. The lowest BCUT2D eigenvalue weighted by Crippen LogP contribution is -2.34. The highest BCUT2D eigenvalue weighted by atomic mass is 16.6. The average molecular weight is 322 g/mol. The fourth-order valence-corrected chi connectivity index (χ4v) is 1.62. The van der Waals surface area contributed by atoms with Gasteiger partial charge in [0.05, 0.1) is 19.3 Å². The van der Waals surface area contributed by atoms with E-state index >= 15 is 0 Å². The Balaban J connectivity index is 3.96. The summed E-state index contributed by atoms with van der Waals surface area (Å²) in [6.45, 7) is 0.536. The number of hydrogen-bond donors (Lipinski definition) is 4. The molecule has 0 saturated heterocycles. The largest absolute Gasteiger partial charge is 0.463 e. The predicted molar refractivity (Wildman–Crippen MR) is 75.8 cm³/mol. The summed E-state index contributed by atoms with van der Waals surface area (Å²) in [5, 5.41) is 36.5. The van der Waals surface area contributed by atoms with Crippen LogP contribution in [0.5, 0.6) is 0 Å². The maximum absolute atomic E-state index is 11.3. The van der Waals surface area contributed by atoms with Gasteiger partial charge >= 0.3 is 11.9 Å². The summed E-state index contributed by atoms with van der Waals surface area (Å²) in [7, 11) is 0. The highest BCUT2D eigenvalue weighted by Gasteiger charge is 2.22. The minimum atomic E-state index is -1.11. The number of hydrogen-bond acceptors (Lipinski definition) is 8. The summed E-state index contributed by atoms with van der Waals surface area (Å²) < 4.78 is 9.63. The lowest BCUT2D eigenvalue weighted by Gasteiger charge is -2.21. The molecule has 0 bridgehead atoms. The molecular formula is C14H26O8. The van der Waals surface area contributed by atoms with Crippen LogP contribution in [0.4, 0.5) is 0 Å². The van der Waals surface area contributed by atoms with Gasteiger partial charge in [-0.05, 0) is 19.3 Å². The molecule has 2 unspecified atom stereocenters. The van der Waals surface area contributed by atoms with Gasteiger partial charge in [0.1, 0.15) is 12.7 Å². The molecule has 22 heavy (non-hydrogen) atoms. The fraction of sp³-hybridized carbons (Fsp3) is 0.857. The van der Waals surface area contributed by atoms with Gasteiger partial charge < -0.3 is 29.9 Å². The first kappa shape index (κ1) is 20.8. The van der Waals surface area contributed by atoms with Crippen molar-refractivity contribution in [1.29, 1.82) is 0 Å². The first-order valence-corrected chi connectivity index (χ1v) is 7.37. The predicted octanol–water partition coefficient (Wildman–Crippen LogP) is -0.882. The Morgan fingerprint density at radius 1 is 1.05 bits per heavy atom. The smallest absolute Gasteiger partial charge is 0.306 e. The molecule has 0 fully saturated rings. The molecule has 0 aliphatic rings. The molecule has 0 rings (SSSR count). The van der Waals surface area contributed by atoms with E-state index in [4.69, 9.17) is 24.8 Å². The maximum atomic E-state index is 11.3. The van der Waals surface area contributed by atoms with E-state index in [1.165, 1.54) is 0 Å². The quantitative estimate of drug-likeness (QED) is 0.340. The van der Waals surface area contributed by atoms with E-state index in [0.717, 1.165) is 0 Å². The van der Waals surface area contributed by atoms with Gasteiger partial charge in [0.15, 0.2) is 6.10 Å². The molecular weight excluding hydrogens is 296 g/mol. The number of carbonyl (C=O) groups excluding carboxylic acids is 2. The lowest BCUT2D eigenvalue weighted by atomic mass is 10.1. The zero-order chi connectivity index (χ0) is 17.0. The van der Waals surface area contributed by atoms with Crippen molar-refractivity contribution < 1.29 is 39.5 Å². The maximum Gasteiger partial charge on any atom is 0.306 e. The van der Waals surface area contributed by atoms with Crippen molar-refractivity contribution in [3.8, 4) is 0 Å². The Bertz CT molecular complexity index is 320. The highest BCUT2D eigenvalue weighted by molar-refractivity contribution is 5.69. The van der Waals surface area contributed by atoms with Crippen molar-refractivity contribution in [2.24, 2.45) is 0 Å². The zero-order valence-corrected chi connectivity index (χ0v) is 12.8. The molecule has 0 spiro atoms. The Hall–Kier alpha value is -1.22. The summed E-state index contributed by atoms with van der Waals surface area (Å²) >= 11 is 0. The molecule has 4 N–H and O–H groups in total. The second-order valence-corrected chi connectivity index (χ2v) is 4.94. The molecule has 8 heteroatoms. The molecule has 0 heterocycles. The van der Waals surface area contributed by atoms with Gasteiger partial charge in [-0.15, -0.1) is 0 Å². The molecule has 3 atom stereocenters. The van der Waals surface area contributed by atoms with Crippen molar-refractivity contribution >= 4 is 11.9 Å². The van der Waals surface area contributed by atoms with E-state index in [9.17, 15) is 14.7 Å². The van der Waals surface area contributed by atoms with Gasteiger partial charge in [-0.1, -0.05) is 6.92 Å². The average Bonchev–Trinajstić information content (AvgIpc) is 2.50. The summed E-state index contributed by atoms with van der Waals surface area (Å²) in [6, 6.07) is 0. The van der Waals surface area contributed by atoms with E-state index in [0.29, 0.717) is 6.42 Å². The topological polar surface area (TPSA) is 134 Å². The zero-order valence-electron chi connectivity index (χ0n) is 12.8. The first-order valence-electron chi connectivity index (χ1n) is 7.37. The van der Waals surface area contributed by atoms with Crippen LogP contribution in [0.3, 0.4) is 0 Å². The van der Waals surface area contributed by atoms with Gasteiger partial charge in [-0.2, -0.15) is 0 Å². The van der Waals surface area contributed by atoms with Gasteiger partial charge in [-0.25, -0.2) is 0 Å². The summed E-state index contributed by atoms with van der Waals surface area (Å²) in [5.41, 5.74) is 0. The number of carbonyl (C=O) groups is 2. The van der Waals surface area contributed by atoms with E-state index < -0.39 is 43.5 Å². The number of rotatable bonds is 12. The highest BCUT2D eigenvalue weighted by Crippen LogP contribution is 2.10. The molecule has 0 saturated carbocycles. The van der Waals surface area contributed by atoms with Crippen LogP contribution in [-0.4, -0.2) is 70.5 Å². The molecule has 0 aromatic carbocycles. The second-order valence-electron chi connectivity index (χ2n) is 4.94. The molecule has 0 aromatic rings. The summed E-state index contributed by atoms with van der Waals surface area (Å²) in [6.07, 6.45) is -1.92. The Kier molecular flexibility index (Phi) is 11.7. The lowest BCUT2D eigenvalue weighted by molar-refractivity contribution is -0.159. The van der Waals surface area contributed by atoms with E-state index in [1.807, 2.05) is 6.92 Å². The third-order valence-electron chi connectivity index (χ3n) is 2.87. The molecule has 0 radical (unpaired) electrons. The minimum absolute atomic E-state index is 0.0102. The Morgan fingerprint density at radius 2 is 1.73 bits per heavy atom. The molecule has 0 aliphatic carbocycles.